The molecular formula is C15H20ClFN4O. The fourth-order valence-corrected chi connectivity index (χ4v) is 2.91. The summed E-state index contributed by atoms with van der Waals surface area (Å²) in [6.45, 7) is 4.02. The molecule has 0 spiro atoms. The molecule has 0 bridgehead atoms. The molecule has 1 aromatic carbocycles. The predicted molar refractivity (Wildman–Crippen MR) is 83.1 cm³/mol. The van der Waals surface area contributed by atoms with Crippen LogP contribution in [0.2, 0.25) is 0 Å². The monoisotopic (exact) mass is 326 g/mol. The predicted octanol–water partition coefficient (Wildman–Crippen LogP) is 2.47. The molecule has 120 valence electrons. The van der Waals surface area contributed by atoms with E-state index in [1.165, 1.54) is 17.7 Å². The zero-order valence-electron chi connectivity index (χ0n) is 12.4. The molecule has 2 atom stereocenters. The van der Waals surface area contributed by atoms with Gasteiger partial charge in [-0.3, -0.25) is 4.90 Å². The van der Waals surface area contributed by atoms with Gasteiger partial charge in [-0.1, -0.05) is 17.3 Å². The summed E-state index contributed by atoms with van der Waals surface area (Å²) < 4.78 is 18.0. The third-order valence-electron chi connectivity index (χ3n) is 4.07. The molecule has 0 radical (unpaired) electrons. The van der Waals surface area contributed by atoms with Crippen molar-refractivity contribution >= 4 is 12.4 Å². The summed E-state index contributed by atoms with van der Waals surface area (Å²) >= 11 is 0. The molecule has 2 N–H and O–H groups in total. The number of hydrogen-bond donors (Lipinski definition) is 1. The van der Waals surface area contributed by atoms with Crippen molar-refractivity contribution in [2.45, 2.75) is 38.4 Å². The number of likely N-dealkylation sites (tertiary alicyclic amines) is 1. The van der Waals surface area contributed by atoms with Crippen molar-refractivity contribution in [3.63, 3.8) is 0 Å². The summed E-state index contributed by atoms with van der Waals surface area (Å²) in [5.74, 6) is 1.36. The van der Waals surface area contributed by atoms with Crippen LogP contribution in [0, 0.1) is 5.82 Å². The van der Waals surface area contributed by atoms with Crippen molar-refractivity contribution in [3.05, 3.63) is 47.4 Å². The van der Waals surface area contributed by atoms with Crippen LogP contribution in [0.1, 0.15) is 36.5 Å². The van der Waals surface area contributed by atoms with E-state index in [-0.39, 0.29) is 24.8 Å². The Balaban J connectivity index is 0.00000176. The van der Waals surface area contributed by atoms with Crippen LogP contribution < -0.4 is 5.73 Å². The maximum absolute atomic E-state index is 13.0. The fourth-order valence-electron chi connectivity index (χ4n) is 2.91. The second-order valence-corrected chi connectivity index (χ2v) is 5.57. The van der Waals surface area contributed by atoms with E-state index in [0.717, 1.165) is 13.0 Å². The smallest absolute Gasteiger partial charge is 0.240 e. The summed E-state index contributed by atoms with van der Waals surface area (Å²) in [6, 6.07) is 7.22. The molecule has 2 heterocycles. The fraction of sp³-hybridized carbons (Fsp3) is 0.467. The van der Waals surface area contributed by atoms with Gasteiger partial charge in [0.25, 0.3) is 0 Å². The van der Waals surface area contributed by atoms with Crippen LogP contribution in [0.5, 0.6) is 0 Å². The van der Waals surface area contributed by atoms with Gasteiger partial charge in [0.2, 0.25) is 5.89 Å². The molecule has 0 amide bonds. The summed E-state index contributed by atoms with van der Waals surface area (Å²) in [7, 11) is 0. The zero-order chi connectivity index (χ0) is 14.8. The molecule has 0 aliphatic carbocycles. The van der Waals surface area contributed by atoms with Crippen LogP contribution in [0.3, 0.4) is 0 Å². The average Bonchev–Trinajstić information content (AvgIpc) is 3.08. The van der Waals surface area contributed by atoms with Crippen molar-refractivity contribution in [1.29, 1.82) is 0 Å². The average molecular weight is 327 g/mol. The van der Waals surface area contributed by atoms with Crippen molar-refractivity contribution in [3.8, 4) is 0 Å². The van der Waals surface area contributed by atoms with Crippen LogP contribution in [0.25, 0.3) is 0 Å². The van der Waals surface area contributed by atoms with E-state index in [9.17, 15) is 4.39 Å². The van der Waals surface area contributed by atoms with E-state index in [0.29, 0.717) is 30.2 Å². The number of nitrogens with zero attached hydrogens (tertiary/aromatic N) is 3. The third-order valence-corrected chi connectivity index (χ3v) is 4.07. The molecule has 0 saturated carbocycles. The van der Waals surface area contributed by atoms with Gasteiger partial charge in [0.1, 0.15) is 5.82 Å². The first-order valence-electron chi connectivity index (χ1n) is 7.16. The number of aromatic nitrogens is 2. The standard InChI is InChI=1S/C15H19FN4O.ClH/c1-10-6-12(11-2-4-13(16)5-3-11)8-20(10)9-14-18-15(7-17)21-19-14;/h2-5,10,12H,6-9,17H2,1H3;1H. The Bertz CT molecular complexity index is 604. The molecule has 5 nitrogen and oxygen atoms in total. The Labute approximate surface area is 135 Å². The van der Waals surface area contributed by atoms with E-state index in [4.69, 9.17) is 10.3 Å². The summed E-state index contributed by atoms with van der Waals surface area (Å²) in [6.07, 6.45) is 1.05. The van der Waals surface area contributed by atoms with Crippen molar-refractivity contribution in [1.82, 2.24) is 15.0 Å². The Morgan fingerprint density at radius 1 is 1.36 bits per heavy atom. The molecule has 1 aromatic heterocycles. The minimum Gasteiger partial charge on any atom is -0.338 e. The normalized spacial score (nSPS) is 21.8. The first kappa shape index (κ1) is 16.9. The minimum absolute atomic E-state index is 0. The lowest BCUT2D eigenvalue weighted by molar-refractivity contribution is 0.247. The molecule has 1 aliphatic heterocycles. The van der Waals surface area contributed by atoms with Crippen molar-refractivity contribution in [2.24, 2.45) is 5.73 Å². The SMILES string of the molecule is CC1CC(c2ccc(F)cc2)CN1Cc1noc(CN)n1.Cl. The second-order valence-electron chi connectivity index (χ2n) is 5.57. The van der Waals surface area contributed by atoms with Crippen molar-refractivity contribution in [2.75, 3.05) is 6.54 Å². The molecule has 3 rings (SSSR count). The first-order valence-corrected chi connectivity index (χ1v) is 7.16. The van der Waals surface area contributed by atoms with Crippen LogP contribution >= 0.6 is 12.4 Å². The molecule has 1 aliphatic rings. The van der Waals surface area contributed by atoms with E-state index in [1.807, 2.05) is 12.1 Å². The van der Waals surface area contributed by atoms with Gasteiger partial charge in [0.05, 0.1) is 13.1 Å². The van der Waals surface area contributed by atoms with Gasteiger partial charge in [-0.05, 0) is 37.0 Å². The summed E-state index contributed by atoms with van der Waals surface area (Å²) in [5.41, 5.74) is 6.65. The summed E-state index contributed by atoms with van der Waals surface area (Å²) in [5, 5.41) is 3.94. The molecule has 22 heavy (non-hydrogen) atoms. The number of benzene rings is 1. The highest BCUT2D eigenvalue weighted by Gasteiger charge is 2.30. The Morgan fingerprint density at radius 3 is 2.73 bits per heavy atom. The molecule has 1 saturated heterocycles. The van der Waals surface area contributed by atoms with E-state index in [1.54, 1.807) is 0 Å². The molecule has 1 fully saturated rings. The highest BCUT2D eigenvalue weighted by Crippen LogP contribution is 2.32. The number of halogens is 2. The van der Waals surface area contributed by atoms with Gasteiger partial charge in [0.15, 0.2) is 5.82 Å². The lowest BCUT2D eigenvalue weighted by Crippen LogP contribution is -2.27. The third kappa shape index (κ3) is 3.63. The Morgan fingerprint density at radius 2 is 2.09 bits per heavy atom. The minimum atomic E-state index is -0.192. The van der Waals surface area contributed by atoms with Crippen LogP contribution in [0.4, 0.5) is 4.39 Å². The Kier molecular flexibility index (Phi) is 5.50. The Hall–Kier alpha value is -1.50. The van der Waals surface area contributed by atoms with Crippen LogP contribution in [-0.2, 0) is 13.1 Å². The molecule has 2 aromatic rings. The molecule has 2 unspecified atom stereocenters. The van der Waals surface area contributed by atoms with Crippen molar-refractivity contribution < 1.29 is 8.91 Å². The van der Waals surface area contributed by atoms with E-state index < -0.39 is 0 Å². The summed E-state index contributed by atoms with van der Waals surface area (Å²) in [4.78, 5) is 6.56. The maximum atomic E-state index is 13.0. The van der Waals surface area contributed by atoms with E-state index >= 15 is 0 Å². The highest BCUT2D eigenvalue weighted by molar-refractivity contribution is 5.85. The van der Waals surface area contributed by atoms with Crippen LogP contribution in [-0.4, -0.2) is 27.6 Å². The topological polar surface area (TPSA) is 68.2 Å². The van der Waals surface area contributed by atoms with Gasteiger partial charge in [0, 0.05) is 12.6 Å². The van der Waals surface area contributed by atoms with Gasteiger partial charge < -0.3 is 10.3 Å². The first-order chi connectivity index (χ1) is 10.2. The lowest BCUT2D eigenvalue weighted by Gasteiger charge is -2.18. The number of rotatable bonds is 4. The van der Waals surface area contributed by atoms with Gasteiger partial charge in [-0.25, -0.2) is 4.39 Å². The van der Waals surface area contributed by atoms with Gasteiger partial charge >= 0.3 is 0 Å². The van der Waals surface area contributed by atoms with E-state index in [2.05, 4.69) is 22.0 Å². The second kappa shape index (κ2) is 7.17. The largest absolute Gasteiger partial charge is 0.338 e. The molecule has 7 heteroatoms. The van der Waals surface area contributed by atoms with Gasteiger partial charge in [-0.15, -0.1) is 12.4 Å². The number of nitrogens with two attached hydrogens (primary N) is 1. The lowest BCUT2D eigenvalue weighted by atomic mass is 9.97. The van der Waals surface area contributed by atoms with Gasteiger partial charge in [-0.2, -0.15) is 4.98 Å². The maximum Gasteiger partial charge on any atom is 0.240 e. The highest BCUT2D eigenvalue weighted by atomic mass is 35.5. The van der Waals surface area contributed by atoms with Crippen LogP contribution in [0.15, 0.2) is 28.8 Å². The quantitative estimate of drug-likeness (QED) is 0.934. The zero-order valence-corrected chi connectivity index (χ0v) is 13.2. The number of hydrogen-bond acceptors (Lipinski definition) is 5. The molecular weight excluding hydrogens is 307 g/mol.